The molecule has 0 saturated carbocycles. The molecule has 0 aliphatic rings. The molecule has 1 aromatic carbocycles. The highest BCUT2D eigenvalue weighted by molar-refractivity contribution is 5.95. The van der Waals surface area contributed by atoms with Gasteiger partial charge >= 0.3 is 0 Å². The van der Waals surface area contributed by atoms with Gasteiger partial charge in [0.25, 0.3) is 5.91 Å². The summed E-state index contributed by atoms with van der Waals surface area (Å²) in [6.45, 7) is 3.77. The minimum Gasteiger partial charge on any atom is -0.394 e. The number of carbonyl (C=O) groups is 1. The maximum atomic E-state index is 12.4. The minimum atomic E-state index is -0.222. The van der Waals surface area contributed by atoms with E-state index in [1.165, 1.54) is 10.5 Å². The van der Waals surface area contributed by atoms with Crippen molar-refractivity contribution in [1.29, 1.82) is 0 Å². The van der Waals surface area contributed by atoms with Crippen molar-refractivity contribution < 1.29 is 9.90 Å². The third-order valence-electron chi connectivity index (χ3n) is 3.62. The molecule has 1 atom stereocenters. The summed E-state index contributed by atoms with van der Waals surface area (Å²) in [6.07, 6.45) is 3.30. The average Bonchev–Trinajstić information content (AvgIpc) is 2.53. The molecule has 1 unspecified atom stereocenters. The summed E-state index contributed by atoms with van der Waals surface area (Å²) in [6, 6.07) is 9.70. The van der Waals surface area contributed by atoms with Gasteiger partial charge in [-0.25, -0.2) is 0 Å². The molecule has 21 heavy (non-hydrogen) atoms. The van der Waals surface area contributed by atoms with Crippen LogP contribution in [0.1, 0.15) is 22.8 Å². The molecule has 2 rings (SSSR count). The van der Waals surface area contributed by atoms with Crippen LogP contribution in [-0.4, -0.2) is 40.6 Å². The first-order valence-corrected chi connectivity index (χ1v) is 6.93. The van der Waals surface area contributed by atoms with E-state index in [1.54, 1.807) is 26.4 Å². The second-order valence-electron chi connectivity index (χ2n) is 5.28. The van der Waals surface area contributed by atoms with Crippen molar-refractivity contribution in [2.75, 3.05) is 13.7 Å². The third-order valence-corrected chi connectivity index (χ3v) is 3.62. The molecule has 1 N–H and O–H groups in total. The number of likely N-dealkylation sites (N-methyl/N-ethyl adjacent to an activating group) is 1. The SMILES string of the molecule is Cc1ccc(-c2cncc(C(=O)N(C)C(C)CO)c2)cc1. The van der Waals surface area contributed by atoms with Crippen molar-refractivity contribution >= 4 is 5.91 Å². The number of benzene rings is 1. The van der Waals surface area contributed by atoms with E-state index in [2.05, 4.69) is 4.98 Å². The van der Waals surface area contributed by atoms with E-state index in [9.17, 15) is 4.79 Å². The largest absolute Gasteiger partial charge is 0.394 e. The lowest BCUT2D eigenvalue weighted by Crippen LogP contribution is -2.37. The lowest BCUT2D eigenvalue weighted by atomic mass is 10.0. The predicted molar refractivity (Wildman–Crippen MR) is 83.1 cm³/mol. The van der Waals surface area contributed by atoms with Crippen LogP contribution in [0.25, 0.3) is 11.1 Å². The number of nitrogens with zero attached hydrogens (tertiary/aromatic N) is 2. The van der Waals surface area contributed by atoms with E-state index >= 15 is 0 Å². The van der Waals surface area contributed by atoms with Crippen molar-refractivity contribution in [2.24, 2.45) is 0 Å². The third kappa shape index (κ3) is 3.47. The molecule has 1 heterocycles. The number of aliphatic hydroxyl groups excluding tert-OH is 1. The summed E-state index contributed by atoms with van der Waals surface area (Å²) in [5, 5.41) is 9.15. The highest BCUT2D eigenvalue weighted by Crippen LogP contribution is 2.20. The van der Waals surface area contributed by atoms with Gasteiger partial charge in [0.1, 0.15) is 0 Å². The number of carbonyl (C=O) groups excluding carboxylic acids is 1. The predicted octanol–water partition coefficient (Wildman–Crippen LogP) is 2.51. The van der Waals surface area contributed by atoms with Gasteiger partial charge in [-0.2, -0.15) is 0 Å². The number of pyridine rings is 1. The molecule has 1 aromatic heterocycles. The van der Waals surface area contributed by atoms with Gasteiger partial charge in [0.05, 0.1) is 18.2 Å². The molecule has 0 aliphatic heterocycles. The van der Waals surface area contributed by atoms with E-state index < -0.39 is 0 Å². The maximum Gasteiger partial charge on any atom is 0.255 e. The van der Waals surface area contributed by atoms with E-state index in [0.717, 1.165) is 11.1 Å². The molecule has 2 aromatic rings. The normalized spacial score (nSPS) is 12.0. The van der Waals surface area contributed by atoms with Crippen LogP contribution >= 0.6 is 0 Å². The van der Waals surface area contributed by atoms with E-state index in [4.69, 9.17) is 5.11 Å². The second kappa shape index (κ2) is 6.50. The topological polar surface area (TPSA) is 53.4 Å². The lowest BCUT2D eigenvalue weighted by Gasteiger charge is -2.23. The van der Waals surface area contributed by atoms with Crippen LogP contribution in [0.15, 0.2) is 42.7 Å². The zero-order chi connectivity index (χ0) is 15.4. The Labute approximate surface area is 125 Å². The second-order valence-corrected chi connectivity index (χ2v) is 5.28. The van der Waals surface area contributed by atoms with Crippen LogP contribution in [0.3, 0.4) is 0 Å². The fraction of sp³-hybridized carbons (Fsp3) is 0.294. The minimum absolute atomic E-state index is 0.0622. The Balaban J connectivity index is 2.29. The Morgan fingerprint density at radius 3 is 2.52 bits per heavy atom. The first-order valence-electron chi connectivity index (χ1n) is 6.93. The summed E-state index contributed by atoms with van der Waals surface area (Å²) in [4.78, 5) is 18.0. The quantitative estimate of drug-likeness (QED) is 0.938. The van der Waals surface area contributed by atoms with Gasteiger partial charge in [-0.1, -0.05) is 29.8 Å². The monoisotopic (exact) mass is 284 g/mol. The Morgan fingerprint density at radius 1 is 1.24 bits per heavy atom. The zero-order valence-corrected chi connectivity index (χ0v) is 12.6. The van der Waals surface area contributed by atoms with Crippen LogP contribution in [0.4, 0.5) is 0 Å². The summed E-state index contributed by atoms with van der Waals surface area (Å²) < 4.78 is 0. The number of hydrogen-bond acceptors (Lipinski definition) is 3. The van der Waals surface area contributed by atoms with Crippen molar-refractivity contribution in [3.63, 3.8) is 0 Å². The molecule has 0 radical (unpaired) electrons. The van der Waals surface area contributed by atoms with Gasteiger partial charge in [-0.05, 0) is 25.5 Å². The standard InChI is InChI=1S/C17H20N2O2/c1-12-4-6-14(7-5-12)15-8-16(10-18-9-15)17(21)19(3)13(2)11-20/h4-10,13,20H,11H2,1-3H3. The van der Waals surface area contributed by atoms with Gasteiger partial charge in [0.2, 0.25) is 0 Å². The van der Waals surface area contributed by atoms with Crippen LogP contribution in [0.5, 0.6) is 0 Å². The van der Waals surface area contributed by atoms with Gasteiger partial charge in [-0.3, -0.25) is 9.78 Å². The number of aliphatic hydroxyl groups is 1. The first kappa shape index (κ1) is 15.2. The summed E-state index contributed by atoms with van der Waals surface area (Å²) >= 11 is 0. The summed E-state index contributed by atoms with van der Waals surface area (Å²) in [7, 11) is 1.68. The van der Waals surface area contributed by atoms with E-state index in [0.29, 0.717) is 5.56 Å². The molecular weight excluding hydrogens is 264 g/mol. The molecule has 4 nitrogen and oxygen atoms in total. The Hall–Kier alpha value is -2.20. The molecule has 0 fully saturated rings. The van der Waals surface area contributed by atoms with E-state index in [-0.39, 0.29) is 18.6 Å². The number of aryl methyl sites for hydroxylation is 1. The first-order chi connectivity index (χ1) is 10.0. The van der Waals surface area contributed by atoms with Crippen molar-refractivity contribution in [1.82, 2.24) is 9.88 Å². The van der Waals surface area contributed by atoms with E-state index in [1.807, 2.05) is 37.3 Å². The zero-order valence-electron chi connectivity index (χ0n) is 12.6. The number of rotatable bonds is 4. The van der Waals surface area contributed by atoms with Gasteiger partial charge in [0, 0.05) is 25.0 Å². The Kier molecular flexibility index (Phi) is 4.70. The van der Waals surface area contributed by atoms with Crippen molar-refractivity contribution in [3.8, 4) is 11.1 Å². The number of amides is 1. The Bertz CT molecular complexity index is 623. The molecular formula is C17H20N2O2. The molecule has 0 spiro atoms. The molecule has 4 heteroatoms. The number of hydrogen-bond donors (Lipinski definition) is 1. The fourth-order valence-electron chi connectivity index (χ4n) is 1.99. The highest BCUT2D eigenvalue weighted by atomic mass is 16.3. The number of aromatic nitrogens is 1. The van der Waals surface area contributed by atoms with Crippen LogP contribution in [0.2, 0.25) is 0 Å². The summed E-state index contributed by atoms with van der Waals surface area (Å²) in [5.41, 5.74) is 3.65. The van der Waals surface area contributed by atoms with Crippen LogP contribution in [-0.2, 0) is 0 Å². The van der Waals surface area contributed by atoms with Crippen molar-refractivity contribution in [2.45, 2.75) is 19.9 Å². The molecule has 0 bridgehead atoms. The van der Waals surface area contributed by atoms with Crippen molar-refractivity contribution in [3.05, 3.63) is 53.9 Å². The van der Waals surface area contributed by atoms with Gasteiger partial charge in [-0.15, -0.1) is 0 Å². The molecule has 0 saturated heterocycles. The highest BCUT2D eigenvalue weighted by Gasteiger charge is 2.17. The maximum absolute atomic E-state index is 12.4. The van der Waals surface area contributed by atoms with Gasteiger partial charge < -0.3 is 10.0 Å². The lowest BCUT2D eigenvalue weighted by molar-refractivity contribution is 0.0682. The molecule has 110 valence electrons. The Morgan fingerprint density at radius 2 is 1.90 bits per heavy atom. The van der Waals surface area contributed by atoms with Gasteiger partial charge in [0.15, 0.2) is 0 Å². The average molecular weight is 284 g/mol. The summed E-state index contributed by atoms with van der Waals surface area (Å²) in [5.74, 6) is -0.141. The van der Waals surface area contributed by atoms with Crippen LogP contribution in [0, 0.1) is 6.92 Å². The fourth-order valence-corrected chi connectivity index (χ4v) is 1.99. The smallest absolute Gasteiger partial charge is 0.255 e. The molecule has 0 aliphatic carbocycles. The van der Waals surface area contributed by atoms with Crippen LogP contribution < -0.4 is 0 Å². The molecule has 1 amide bonds.